The van der Waals surface area contributed by atoms with E-state index < -0.39 is 0 Å². The first-order chi connectivity index (χ1) is 14.2. The Bertz CT molecular complexity index is 1100. The van der Waals surface area contributed by atoms with Crippen molar-refractivity contribution >= 4 is 56.3 Å². The van der Waals surface area contributed by atoms with E-state index in [2.05, 4.69) is 25.8 Å². The van der Waals surface area contributed by atoms with E-state index in [9.17, 15) is 9.18 Å². The average Bonchev–Trinajstić information content (AvgIpc) is 3.37. The van der Waals surface area contributed by atoms with Gasteiger partial charge in [0, 0.05) is 16.6 Å². The molecule has 2 aromatic heterocycles. The van der Waals surface area contributed by atoms with Crippen molar-refractivity contribution in [3.8, 4) is 11.3 Å². The number of anilines is 3. The summed E-state index contributed by atoms with van der Waals surface area (Å²) in [6.07, 6.45) is 0. The van der Waals surface area contributed by atoms with Crippen LogP contribution in [0.25, 0.3) is 11.3 Å². The third-order valence-corrected chi connectivity index (χ3v) is 6.38. The van der Waals surface area contributed by atoms with Gasteiger partial charge in [0.05, 0.1) is 11.4 Å². The summed E-state index contributed by atoms with van der Waals surface area (Å²) >= 11 is 4.02. The summed E-state index contributed by atoms with van der Waals surface area (Å²) in [6, 6.07) is 15.8. The molecule has 0 saturated heterocycles. The van der Waals surface area contributed by atoms with Crippen molar-refractivity contribution < 1.29 is 9.18 Å². The molecule has 2 N–H and O–H groups in total. The Hall–Kier alpha value is -2.82. The molecule has 29 heavy (non-hydrogen) atoms. The number of aromatic nitrogens is 3. The molecule has 0 spiro atoms. The van der Waals surface area contributed by atoms with Crippen LogP contribution in [0, 0.1) is 5.82 Å². The summed E-state index contributed by atoms with van der Waals surface area (Å²) in [5.74, 6) is -0.276. The van der Waals surface area contributed by atoms with E-state index in [-0.39, 0.29) is 17.5 Å². The molecule has 0 saturated carbocycles. The molecule has 2 heterocycles. The molecule has 1 amide bonds. The van der Waals surface area contributed by atoms with E-state index in [1.165, 1.54) is 46.6 Å². The number of rotatable bonds is 7. The molecule has 0 atom stereocenters. The first-order valence-electron chi connectivity index (χ1n) is 8.45. The quantitative estimate of drug-likeness (QED) is 0.379. The maximum Gasteiger partial charge on any atom is 0.236 e. The second-order valence-electron chi connectivity index (χ2n) is 5.75. The molecule has 0 unspecified atom stereocenters. The van der Waals surface area contributed by atoms with Crippen LogP contribution in [-0.4, -0.2) is 26.8 Å². The topological polar surface area (TPSA) is 79.8 Å². The van der Waals surface area contributed by atoms with E-state index in [0.29, 0.717) is 20.3 Å². The predicted octanol–water partition coefficient (Wildman–Crippen LogP) is 5.28. The van der Waals surface area contributed by atoms with Gasteiger partial charge in [-0.3, -0.25) is 4.79 Å². The number of nitrogens with zero attached hydrogens (tertiary/aromatic N) is 3. The average molecular weight is 444 g/mol. The Kier molecular flexibility index (Phi) is 6.13. The zero-order valence-electron chi connectivity index (χ0n) is 14.8. The smallest absolute Gasteiger partial charge is 0.236 e. The first kappa shape index (κ1) is 19.5. The number of carbonyl (C=O) groups excluding carboxylic acids is 1. The summed E-state index contributed by atoms with van der Waals surface area (Å²) in [5.41, 5.74) is 2.42. The summed E-state index contributed by atoms with van der Waals surface area (Å²) < 4.78 is 13.7. The summed E-state index contributed by atoms with van der Waals surface area (Å²) in [6.45, 7) is 0. The zero-order valence-corrected chi connectivity index (χ0v) is 17.3. The molecule has 0 aliphatic heterocycles. The minimum absolute atomic E-state index is 0.178. The van der Waals surface area contributed by atoms with Crippen LogP contribution in [0.2, 0.25) is 0 Å². The largest absolute Gasteiger partial charge is 0.330 e. The molecule has 10 heteroatoms. The van der Waals surface area contributed by atoms with Gasteiger partial charge in [-0.2, -0.15) is 0 Å². The van der Waals surface area contributed by atoms with E-state index >= 15 is 0 Å². The number of para-hydroxylation sites is 1. The van der Waals surface area contributed by atoms with Crippen molar-refractivity contribution in [2.24, 2.45) is 0 Å². The summed E-state index contributed by atoms with van der Waals surface area (Å²) in [7, 11) is 0. The minimum atomic E-state index is -0.298. The maximum atomic E-state index is 13.0. The van der Waals surface area contributed by atoms with Crippen LogP contribution in [0.4, 0.5) is 20.3 Å². The van der Waals surface area contributed by atoms with Crippen molar-refractivity contribution in [1.29, 1.82) is 0 Å². The van der Waals surface area contributed by atoms with E-state index in [1.54, 1.807) is 12.1 Å². The van der Waals surface area contributed by atoms with Crippen molar-refractivity contribution in [3.05, 3.63) is 65.8 Å². The lowest BCUT2D eigenvalue weighted by Gasteiger charge is -2.00. The summed E-state index contributed by atoms with van der Waals surface area (Å²) in [5, 5.41) is 17.1. The van der Waals surface area contributed by atoms with Gasteiger partial charge in [0.2, 0.25) is 11.0 Å². The highest BCUT2D eigenvalue weighted by atomic mass is 32.2. The zero-order chi connectivity index (χ0) is 20.1. The number of hydrogen-bond acceptors (Lipinski definition) is 8. The Morgan fingerprint density at radius 2 is 1.83 bits per heavy atom. The molecule has 2 aromatic carbocycles. The van der Waals surface area contributed by atoms with E-state index in [4.69, 9.17) is 0 Å². The Morgan fingerprint density at radius 3 is 2.62 bits per heavy atom. The maximum absolute atomic E-state index is 13.0. The molecular formula is C19H14FN5OS3. The van der Waals surface area contributed by atoms with Gasteiger partial charge in [0.1, 0.15) is 5.82 Å². The van der Waals surface area contributed by atoms with Crippen LogP contribution in [0.1, 0.15) is 0 Å². The lowest BCUT2D eigenvalue weighted by Crippen LogP contribution is -2.13. The molecule has 0 bridgehead atoms. The molecule has 4 rings (SSSR count). The number of thioether (sulfide) groups is 1. The Morgan fingerprint density at radius 1 is 1.03 bits per heavy atom. The highest BCUT2D eigenvalue weighted by molar-refractivity contribution is 8.01. The number of nitrogens with one attached hydrogen (secondary N) is 2. The molecular weight excluding hydrogens is 429 g/mol. The number of carbonyl (C=O) groups is 1. The molecule has 4 aromatic rings. The minimum Gasteiger partial charge on any atom is -0.330 e. The predicted molar refractivity (Wildman–Crippen MR) is 116 cm³/mol. The second kappa shape index (κ2) is 9.12. The molecule has 0 aliphatic carbocycles. The van der Waals surface area contributed by atoms with Gasteiger partial charge in [0.25, 0.3) is 0 Å². The highest BCUT2D eigenvalue weighted by Crippen LogP contribution is 2.28. The third kappa shape index (κ3) is 5.37. The molecule has 0 radical (unpaired) electrons. The van der Waals surface area contributed by atoms with Crippen molar-refractivity contribution in [2.45, 2.75) is 4.34 Å². The number of hydrogen-bond donors (Lipinski definition) is 2. The highest BCUT2D eigenvalue weighted by Gasteiger charge is 2.11. The van der Waals surface area contributed by atoms with Crippen molar-refractivity contribution in [3.63, 3.8) is 0 Å². The number of halogens is 1. The fraction of sp³-hybridized carbons (Fsp3) is 0.0526. The van der Waals surface area contributed by atoms with Gasteiger partial charge in [0.15, 0.2) is 9.47 Å². The molecule has 0 aliphatic rings. The SMILES string of the molecule is O=C(CSc1nnc(Nc2ccccc2)s1)Nc1nc(-c2ccc(F)cc2)cs1. The van der Waals surface area contributed by atoms with Gasteiger partial charge in [-0.05, 0) is 36.4 Å². The van der Waals surface area contributed by atoms with Crippen molar-refractivity contribution in [2.75, 3.05) is 16.4 Å². The van der Waals surface area contributed by atoms with Crippen LogP contribution in [-0.2, 0) is 4.79 Å². The van der Waals surface area contributed by atoms with Crippen LogP contribution >= 0.6 is 34.4 Å². The summed E-state index contributed by atoms with van der Waals surface area (Å²) in [4.78, 5) is 16.6. The Labute approximate surface area is 178 Å². The van der Waals surface area contributed by atoms with Gasteiger partial charge in [-0.25, -0.2) is 9.37 Å². The van der Waals surface area contributed by atoms with Crippen LogP contribution < -0.4 is 10.6 Å². The fourth-order valence-corrected chi connectivity index (χ4v) is 4.64. The normalized spacial score (nSPS) is 10.7. The molecule has 0 fully saturated rings. The van der Waals surface area contributed by atoms with E-state index in [0.717, 1.165) is 11.3 Å². The number of amides is 1. The van der Waals surface area contributed by atoms with Crippen LogP contribution in [0.3, 0.4) is 0 Å². The number of benzene rings is 2. The van der Waals surface area contributed by atoms with Crippen LogP contribution in [0.5, 0.6) is 0 Å². The van der Waals surface area contributed by atoms with Gasteiger partial charge in [-0.15, -0.1) is 21.5 Å². The lowest BCUT2D eigenvalue weighted by molar-refractivity contribution is -0.113. The van der Waals surface area contributed by atoms with E-state index in [1.807, 2.05) is 35.7 Å². The fourth-order valence-electron chi connectivity index (χ4n) is 2.33. The first-order valence-corrected chi connectivity index (χ1v) is 11.1. The lowest BCUT2D eigenvalue weighted by atomic mass is 10.2. The van der Waals surface area contributed by atoms with Crippen molar-refractivity contribution in [1.82, 2.24) is 15.2 Å². The van der Waals surface area contributed by atoms with Gasteiger partial charge < -0.3 is 10.6 Å². The third-order valence-electron chi connectivity index (χ3n) is 3.65. The van der Waals surface area contributed by atoms with Crippen LogP contribution in [0.15, 0.2) is 64.3 Å². The second-order valence-corrected chi connectivity index (χ2v) is 8.80. The Balaban J connectivity index is 1.29. The molecule has 146 valence electrons. The van der Waals surface area contributed by atoms with Gasteiger partial charge in [-0.1, -0.05) is 41.3 Å². The van der Waals surface area contributed by atoms with Gasteiger partial charge >= 0.3 is 0 Å². The number of thiazole rings is 1. The standard InChI is InChI=1S/C19H14FN5OS3/c20-13-8-6-12(7-9-13)15-10-27-17(22-15)23-16(26)11-28-19-25-24-18(29-19)21-14-4-2-1-3-5-14/h1-10H,11H2,(H,21,24)(H,22,23,26). The molecule has 6 nitrogen and oxygen atoms in total. The monoisotopic (exact) mass is 443 g/mol.